The highest BCUT2D eigenvalue weighted by atomic mass is 32.1. The first kappa shape index (κ1) is 81.3. The van der Waals surface area contributed by atoms with Crippen molar-refractivity contribution in [1.82, 2.24) is 17.5 Å². The Balaban J connectivity index is 1.14. The molecule has 4 heterocycles. The molecule has 5 aromatic rings. The first-order valence-corrected chi connectivity index (χ1v) is 44.5. The van der Waals surface area contributed by atoms with Crippen LogP contribution in [-0.2, 0) is 29.4 Å². The Morgan fingerprint density at radius 2 is 0.460 bits per heavy atom. The van der Waals surface area contributed by atoms with Crippen molar-refractivity contribution >= 4 is 70.7 Å². The lowest BCUT2D eigenvalue weighted by Crippen LogP contribution is -2.41. The SMILES string of the molecule is CCCCCCCCCCCCCCC1(CCCCCCCCCCCCCC)c2cc3c(cc2-c2c1cc(B1OC(C)(C)C(C)(C)O1)c1nsnc21)C(CCCCCCCCCCCCCC)(CCCCCCCCCCCCCC)c1cc(B2OC(C)(C)C(C)(C)O2)c2nsnc2c1-3. The summed E-state index contributed by atoms with van der Waals surface area (Å²) in [7, 11) is -1.08. The molecule has 2 aliphatic heterocycles. The lowest BCUT2D eigenvalue weighted by molar-refractivity contribution is 0.00578. The zero-order valence-electron chi connectivity index (χ0n) is 66.5. The molecule has 3 aromatic carbocycles. The Kier molecular flexibility index (Phi) is 32.8. The molecule has 0 N–H and O–H groups in total. The van der Waals surface area contributed by atoms with E-state index in [1.54, 1.807) is 0 Å². The van der Waals surface area contributed by atoms with E-state index < -0.39 is 36.6 Å². The largest absolute Gasteiger partial charge is 0.497 e. The van der Waals surface area contributed by atoms with Crippen molar-refractivity contribution in [3.05, 3.63) is 46.5 Å². The van der Waals surface area contributed by atoms with Crippen LogP contribution < -0.4 is 10.9 Å². The highest BCUT2D eigenvalue weighted by molar-refractivity contribution is 7.00. The van der Waals surface area contributed by atoms with Gasteiger partial charge < -0.3 is 18.6 Å². The summed E-state index contributed by atoms with van der Waals surface area (Å²) >= 11 is 2.75. The van der Waals surface area contributed by atoms with Crippen LogP contribution in [0.1, 0.15) is 439 Å². The van der Waals surface area contributed by atoms with Crippen molar-refractivity contribution in [2.45, 2.75) is 450 Å². The third-order valence-corrected chi connectivity index (χ3v) is 26.8. The Bertz CT molecular complexity index is 2910. The molecule has 558 valence electrons. The summed E-state index contributed by atoms with van der Waals surface area (Å²) in [6.45, 7) is 26.9. The van der Waals surface area contributed by atoms with E-state index in [1.807, 2.05) is 0 Å². The van der Waals surface area contributed by atoms with Crippen molar-refractivity contribution in [3.63, 3.8) is 0 Å². The molecular formula is C88H144B2N4O4S2. The van der Waals surface area contributed by atoms with Gasteiger partial charge in [-0.25, -0.2) is 0 Å². The lowest BCUT2D eigenvalue weighted by atomic mass is 9.67. The molecule has 100 heavy (non-hydrogen) atoms. The van der Waals surface area contributed by atoms with Gasteiger partial charge >= 0.3 is 14.2 Å². The number of unbranched alkanes of at least 4 members (excludes halogenated alkanes) is 44. The smallest absolute Gasteiger partial charge is 0.399 e. The van der Waals surface area contributed by atoms with Crippen molar-refractivity contribution in [2.24, 2.45) is 0 Å². The third-order valence-electron chi connectivity index (χ3n) is 25.7. The molecule has 2 aliphatic carbocycles. The van der Waals surface area contributed by atoms with Crippen LogP contribution in [0, 0.1) is 0 Å². The molecule has 2 saturated heterocycles. The summed E-state index contributed by atoms with van der Waals surface area (Å²) in [6, 6.07) is 10.7. The van der Waals surface area contributed by atoms with Crippen molar-refractivity contribution in [2.75, 3.05) is 0 Å². The van der Waals surface area contributed by atoms with Gasteiger partial charge in [0.1, 0.15) is 22.1 Å². The monoisotopic (exact) mass is 1410 g/mol. The molecular weight excluding hydrogens is 1260 g/mol. The molecule has 0 atom stereocenters. The van der Waals surface area contributed by atoms with E-state index in [-0.39, 0.29) is 10.8 Å². The van der Waals surface area contributed by atoms with Gasteiger partial charge in [-0.1, -0.05) is 348 Å². The highest BCUT2D eigenvalue weighted by Gasteiger charge is 2.57. The van der Waals surface area contributed by atoms with Crippen molar-refractivity contribution in [1.29, 1.82) is 0 Å². The first-order chi connectivity index (χ1) is 48.5. The normalized spacial score (nSPS) is 17.4. The number of rotatable bonds is 54. The zero-order valence-corrected chi connectivity index (χ0v) is 68.1. The van der Waals surface area contributed by atoms with Gasteiger partial charge in [0, 0.05) is 32.9 Å². The van der Waals surface area contributed by atoms with E-state index in [2.05, 4.69) is 107 Å². The Morgan fingerprint density at radius 3 is 0.680 bits per heavy atom. The Morgan fingerprint density at radius 1 is 0.260 bits per heavy atom. The molecule has 0 saturated carbocycles. The molecule has 0 bridgehead atoms. The van der Waals surface area contributed by atoms with E-state index in [4.69, 9.17) is 36.1 Å². The summed E-state index contributed by atoms with van der Waals surface area (Å²) in [4.78, 5) is 0. The number of benzene rings is 3. The standard InChI is InChI=1S/C88H144B2N4O4S2/c1-13-17-21-25-29-33-37-41-45-49-53-57-61-87(62-58-54-50-46-42-38-34-30-26-22-18-14-2)71-65-70-72(66-69(71)77-73(87)67-75(79-81(77)93-99-91-79)89-95-83(5,6)84(7,8)96-89)88(63-59-55-51-47-43-39-35-31-27-23-19-15-3,64-60-56-52-48-44-40-36-32-28-24-20-16-4)74-68-76(80-82(78(70)74)94-100-92-80)90-97-85(9,10)86(11,12)98-90/h65-68H,13-64H2,1-12H3. The summed E-state index contributed by atoms with van der Waals surface area (Å²) in [5.74, 6) is 0. The van der Waals surface area contributed by atoms with Gasteiger partial charge in [-0.05, 0) is 127 Å². The minimum absolute atomic E-state index is 0.245. The lowest BCUT2D eigenvalue weighted by Gasteiger charge is -2.35. The van der Waals surface area contributed by atoms with E-state index in [9.17, 15) is 0 Å². The average Bonchev–Trinajstić information content (AvgIpc) is 1.53. The number of aromatic nitrogens is 4. The molecule has 2 aromatic heterocycles. The average molecular weight is 1410 g/mol. The van der Waals surface area contributed by atoms with Gasteiger partial charge in [0.15, 0.2) is 0 Å². The van der Waals surface area contributed by atoms with Gasteiger partial charge in [0.05, 0.1) is 45.9 Å². The topological polar surface area (TPSA) is 88.5 Å². The Labute approximate surface area is 621 Å². The van der Waals surface area contributed by atoms with E-state index in [1.165, 1.54) is 376 Å². The maximum absolute atomic E-state index is 7.10. The quantitative estimate of drug-likeness (QED) is 0.0281. The molecule has 0 spiro atoms. The molecule has 9 rings (SSSR count). The van der Waals surface area contributed by atoms with Gasteiger partial charge in [-0.15, -0.1) is 0 Å². The number of hydrogen-bond donors (Lipinski definition) is 0. The molecule has 0 amide bonds. The minimum Gasteiger partial charge on any atom is -0.399 e. The number of hydrogen-bond acceptors (Lipinski definition) is 10. The van der Waals surface area contributed by atoms with Crippen molar-refractivity contribution in [3.8, 4) is 22.3 Å². The van der Waals surface area contributed by atoms with Crippen LogP contribution in [0.2, 0.25) is 0 Å². The predicted octanol–water partition coefficient (Wildman–Crippen LogP) is 27.2. The van der Waals surface area contributed by atoms with Gasteiger partial charge in [-0.2, -0.15) is 17.5 Å². The Hall–Kier alpha value is -2.73. The van der Waals surface area contributed by atoms with Crippen LogP contribution in [0.5, 0.6) is 0 Å². The molecule has 0 radical (unpaired) electrons. The second-order valence-electron chi connectivity index (χ2n) is 34.5. The molecule has 4 aliphatic rings. The number of fused-ring (bicyclic) bond motifs is 10. The van der Waals surface area contributed by atoms with E-state index in [0.29, 0.717) is 0 Å². The maximum Gasteiger partial charge on any atom is 0.497 e. The van der Waals surface area contributed by atoms with Crippen LogP contribution in [0.25, 0.3) is 44.3 Å². The fourth-order valence-electron chi connectivity index (χ4n) is 18.0. The van der Waals surface area contributed by atoms with Crippen LogP contribution in [0.3, 0.4) is 0 Å². The second kappa shape index (κ2) is 40.3. The fraction of sp³-hybridized carbons (Fsp3) is 0.795. The first-order valence-electron chi connectivity index (χ1n) is 43.0. The third kappa shape index (κ3) is 20.5. The predicted molar refractivity (Wildman–Crippen MR) is 435 cm³/mol. The minimum atomic E-state index is -0.541. The highest BCUT2D eigenvalue weighted by Crippen LogP contribution is 2.63. The molecule has 2 fully saturated rings. The van der Waals surface area contributed by atoms with Crippen LogP contribution in [0.4, 0.5) is 0 Å². The zero-order chi connectivity index (χ0) is 70.9. The van der Waals surface area contributed by atoms with Crippen molar-refractivity contribution < 1.29 is 18.6 Å². The molecule has 8 nitrogen and oxygen atoms in total. The summed E-state index contributed by atoms with van der Waals surface area (Å²) in [5.41, 5.74) is 15.0. The molecule has 0 unspecified atom stereocenters. The molecule has 12 heteroatoms. The fourth-order valence-corrected chi connectivity index (χ4v) is 19.2. The summed E-state index contributed by atoms with van der Waals surface area (Å²) in [5, 5.41) is 0. The second-order valence-corrected chi connectivity index (χ2v) is 35.6. The summed E-state index contributed by atoms with van der Waals surface area (Å²) < 4.78 is 49.9. The van der Waals surface area contributed by atoms with Gasteiger partial charge in [0.25, 0.3) is 0 Å². The van der Waals surface area contributed by atoms with Crippen LogP contribution in [0.15, 0.2) is 24.3 Å². The van der Waals surface area contributed by atoms with Gasteiger partial charge in [-0.3, -0.25) is 0 Å². The maximum atomic E-state index is 7.10. The van der Waals surface area contributed by atoms with Gasteiger partial charge in [0.2, 0.25) is 0 Å². The van der Waals surface area contributed by atoms with E-state index in [0.717, 1.165) is 58.7 Å². The number of nitrogens with zero attached hydrogens (tertiary/aromatic N) is 4. The van der Waals surface area contributed by atoms with E-state index >= 15 is 0 Å². The summed E-state index contributed by atoms with van der Waals surface area (Å²) in [6.07, 6.45) is 68.9. The van der Waals surface area contributed by atoms with Crippen LogP contribution >= 0.6 is 23.5 Å². The van der Waals surface area contributed by atoms with Crippen LogP contribution in [-0.4, -0.2) is 54.1 Å².